The summed E-state index contributed by atoms with van der Waals surface area (Å²) in [5.74, 6) is -0.158. The highest BCUT2D eigenvalue weighted by molar-refractivity contribution is 5.77. The molecule has 8 nitrogen and oxygen atoms in total. The Morgan fingerprint density at radius 3 is 2.70 bits per heavy atom. The molecular weight excluding hydrogens is 264 g/mol. The first-order valence-corrected chi connectivity index (χ1v) is 6.60. The Morgan fingerprint density at radius 1 is 1.40 bits per heavy atom. The zero-order valence-corrected chi connectivity index (χ0v) is 12.2. The molecule has 0 saturated carbocycles. The summed E-state index contributed by atoms with van der Waals surface area (Å²) in [6, 6.07) is 0. The molecule has 0 aliphatic rings. The molecule has 0 unspecified atom stereocenters. The molecule has 1 rings (SSSR count). The molecule has 1 N–H and O–H groups in total. The number of methoxy groups -OCH3 is 1. The molecule has 20 heavy (non-hydrogen) atoms. The molecule has 0 aliphatic heterocycles. The molecule has 0 saturated heterocycles. The fraction of sp³-hybridized carbons (Fsp3) is 0.750. The molecule has 1 aromatic heterocycles. The predicted molar refractivity (Wildman–Crippen MR) is 70.9 cm³/mol. The van der Waals surface area contributed by atoms with Gasteiger partial charge >= 0.3 is 0 Å². The van der Waals surface area contributed by atoms with Crippen LogP contribution in [0, 0.1) is 0 Å². The minimum atomic E-state index is -0.498. The van der Waals surface area contributed by atoms with Gasteiger partial charge in [0.25, 0.3) is 0 Å². The van der Waals surface area contributed by atoms with E-state index in [1.807, 2.05) is 13.8 Å². The standard InChI is InChI=1S/C12H22N4O4/c1-4-19-12(20-5-2)10-8-16(15-14-10)7-6-13-11(17)9-18-3/h8,12H,4-7,9H2,1-3H3,(H,13,17). The van der Waals surface area contributed by atoms with Crippen molar-refractivity contribution < 1.29 is 19.0 Å². The van der Waals surface area contributed by atoms with Gasteiger partial charge in [0, 0.05) is 26.9 Å². The van der Waals surface area contributed by atoms with Crippen LogP contribution in [0.3, 0.4) is 0 Å². The summed E-state index contributed by atoms with van der Waals surface area (Å²) in [5, 5.41) is 10.7. The first-order chi connectivity index (χ1) is 9.71. The maximum Gasteiger partial charge on any atom is 0.246 e. The monoisotopic (exact) mass is 286 g/mol. The summed E-state index contributed by atoms with van der Waals surface area (Å²) >= 11 is 0. The van der Waals surface area contributed by atoms with E-state index in [-0.39, 0.29) is 12.5 Å². The van der Waals surface area contributed by atoms with Crippen LogP contribution in [0.15, 0.2) is 6.20 Å². The molecule has 1 heterocycles. The third-order valence-corrected chi connectivity index (χ3v) is 2.37. The molecule has 114 valence electrons. The molecule has 0 atom stereocenters. The topological polar surface area (TPSA) is 87.5 Å². The fourth-order valence-corrected chi connectivity index (χ4v) is 1.54. The first kappa shape index (κ1) is 16.5. The maximum absolute atomic E-state index is 11.2. The van der Waals surface area contributed by atoms with Gasteiger partial charge < -0.3 is 19.5 Å². The van der Waals surface area contributed by atoms with Crippen molar-refractivity contribution in [3.8, 4) is 0 Å². The normalized spacial score (nSPS) is 11.0. The average molecular weight is 286 g/mol. The lowest BCUT2D eigenvalue weighted by Crippen LogP contribution is -2.30. The van der Waals surface area contributed by atoms with Gasteiger partial charge in [-0.3, -0.25) is 9.48 Å². The van der Waals surface area contributed by atoms with Crippen molar-refractivity contribution in [2.24, 2.45) is 0 Å². The van der Waals surface area contributed by atoms with Crippen LogP contribution < -0.4 is 5.32 Å². The summed E-state index contributed by atoms with van der Waals surface area (Å²) in [4.78, 5) is 11.2. The average Bonchev–Trinajstić information content (AvgIpc) is 2.87. The van der Waals surface area contributed by atoms with Gasteiger partial charge in [0.1, 0.15) is 12.3 Å². The number of rotatable bonds is 10. The smallest absolute Gasteiger partial charge is 0.246 e. The lowest BCUT2D eigenvalue weighted by atomic mass is 10.4. The quantitative estimate of drug-likeness (QED) is 0.614. The second-order valence-electron chi connectivity index (χ2n) is 3.93. The Hall–Kier alpha value is -1.51. The molecule has 1 amide bonds. The highest BCUT2D eigenvalue weighted by atomic mass is 16.7. The van der Waals surface area contributed by atoms with Gasteiger partial charge in [0.15, 0.2) is 0 Å². The summed E-state index contributed by atoms with van der Waals surface area (Å²) in [6.07, 6.45) is 1.25. The second kappa shape index (κ2) is 9.40. The van der Waals surface area contributed by atoms with E-state index in [4.69, 9.17) is 14.2 Å². The number of ether oxygens (including phenoxy) is 3. The van der Waals surface area contributed by atoms with E-state index >= 15 is 0 Å². The van der Waals surface area contributed by atoms with Gasteiger partial charge in [-0.25, -0.2) is 0 Å². The molecule has 0 spiro atoms. The van der Waals surface area contributed by atoms with Gasteiger partial charge in [-0.1, -0.05) is 5.21 Å². The number of hydrogen-bond donors (Lipinski definition) is 1. The second-order valence-corrected chi connectivity index (χ2v) is 3.93. The lowest BCUT2D eigenvalue weighted by Gasteiger charge is -2.13. The van der Waals surface area contributed by atoms with Crippen molar-refractivity contribution in [1.82, 2.24) is 20.3 Å². The van der Waals surface area contributed by atoms with Gasteiger partial charge in [-0.2, -0.15) is 0 Å². The molecule has 0 bridgehead atoms. The molecule has 0 radical (unpaired) electrons. The Balaban J connectivity index is 2.43. The van der Waals surface area contributed by atoms with E-state index in [0.29, 0.717) is 32.0 Å². The number of carbonyl (C=O) groups excluding carboxylic acids is 1. The predicted octanol–water partition coefficient (Wildman–Crippen LogP) is 0.112. The van der Waals surface area contributed by atoms with E-state index in [2.05, 4.69) is 15.6 Å². The maximum atomic E-state index is 11.2. The zero-order chi connectivity index (χ0) is 14.8. The SMILES string of the molecule is CCOC(OCC)c1cn(CCNC(=O)COC)nn1. The molecule has 0 fully saturated rings. The molecular formula is C12H22N4O4. The van der Waals surface area contributed by atoms with Gasteiger partial charge in [0.05, 0.1) is 12.7 Å². The van der Waals surface area contributed by atoms with E-state index in [9.17, 15) is 4.79 Å². The highest BCUT2D eigenvalue weighted by Gasteiger charge is 2.15. The summed E-state index contributed by atoms with van der Waals surface area (Å²) < 4.78 is 17.2. The molecule has 1 aromatic rings. The third-order valence-electron chi connectivity index (χ3n) is 2.37. The largest absolute Gasteiger partial charge is 0.375 e. The van der Waals surface area contributed by atoms with Crippen LogP contribution in [0.5, 0.6) is 0 Å². The van der Waals surface area contributed by atoms with Crippen molar-refractivity contribution in [1.29, 1.82) is 0 Å². The summed E-state index contributed by atoms with van der Waals surface area (Å²) in [7, 11) is 1.48. The van der Waals surface area contributed by atoms with Crippen molar-refractivity contribution in [2.75, 3.05) is 33.5 Å². The van der Waals surface area contributed by atoms with Crippen LogP contribution in [-0.4, -0.2) is 54.4 Å². The van der Waals surface area contributed by atoms with Crippen LogP contribution in [0.2, 0.25) is 0 Å². The van der Waals surface area contributed by atoms with E-state index < -0.39 is 6.29 Å². The van der Waals surface area contributed by atoms with Gasteiger partial charge in [0.2, 0.25) is 12.2 Å². The van der Waals surface area contributed by atoms with Crippen molar-refractivity contribution in [3.63, 3.8) is 0 Å². The fourth-order valence-electron chi connectivity index (χ4n) is 1.54. The Kier molecular flexibility index (Phi) is 7.78. The Labute approximate surface area is 118 Å². The summed E-state index contributed by atoms with van der Waals surface area (Å²) in [5.41, 5.74) is 0.622. The Morgan fingerprint density at radius 2 is 2.10 bits per heavy atom. The minimum absolute atomic E-state index is 0.0549. The number of aromatic nitrogens is 3. The van der Waals surface area contributed by atoms with E-state index in [1.54, 1.807) is 10.9 Å². The molecule has 0 aliphatic carbocycles. The van der Waals surface area contributed by atoms with Crippen LogP contribution in [0.1, 0.15) is 25.8 Å². The van der Waals surface area contributed by atoms with Crippen LogP contribution in [0.25, 0.3) is 0 Å². The van der Waals surface area contributed by atoms with Crippen molar-refractivity contribution >= 4 is 5.91 Å². The molecule has 0 aromatic carbocycles. The number of nitrogens with zero attached hydrogens (tertiary/aromatic N) is 3. The van der Waals surface area contributed by atoms with Gasteiger partial charge in [-0.15, -0.1) is 5.10 Å². The van der Waals surface area contributed by atoms with Crippen LogP contribution in [-0.2, 0) is 25.5 Å². The first-order valence-electron chi connectivity index (χ1n) is 6.60. The Bertz CT molecular complexity index is 391. The number of carbonyl (C=O) groups is 1. The minimum Gasteiger partial charge on any atom is -0.375 e. The lowest BCUT2D eigenvalue weighted by molar-refractivity contribution is -0.142. The van der Waals surface area contributed by atoms with E-state index in [0.717, 1.165) is 0 Å². The summed E-state index contributed by atoms with van der Waals surface area (Å²) in [6.45, 7) is 5.88. The van der Waals surface area contributed by atoms with Crippen LogP contribution >= 0.6 is 0 Å². The van der Waals surface area contributed by atoms with Gasteiger partial charge in [-0.05, 0) is 13.8 Å². The third kappa shape index (κ3) is 5.64. The van der Waals surface area contributed by atoms with Crippen molar-refractivity contribution in [3.05, 3.63) is 11.9 Å². The number of amides is 1. The highest BCUT2D eigenvalue weighted by Crippen LogP contribution is 2.15. The number of nitrogens with one attached hydrogen (secondary N) is 1. The van der Waals surface area contributed by atoms with E-state index in [1.165, 1.54) is 7.11 Å². The van der Waals surface area contributed by atoms with Crippen LogP contribution in [0.4, 0.5) is 0 Å². The zero-order valence-electron chi connectivity index (χ0n) is 12.2. The van der Waals surface area contributed by atoms with Crippen molar-refractivity contribution in [2.45, 2.75) is 26.7 Å². The molecule has 8 heteroatoms. The number of hydrogen-bond acceptors (Lipinski definition) is 6.